The Morgan fingerprint density at radius 1 is 1.04 bits per heavy atom. The molecule has 0 bridgehead atoms. The molecule has 0 spiro atoms. The Kier molecular flexibility index (Phi) is 4.35. The molecule has 1 aliphatic rings. The quantitative estimate of drug-likeness (QED) is 0.785. The van der Waals surface area contributed by atoms with E-state index in [-0.39, 0.29) is 17.2 Å². The van der Waals surface area contributed by atoms with Gasteiger partial charge in [-0.1, -0.05) is 31.0 Å². The van der Waals surface area contributed by atoms with E-state index in [4.69, 9.17) is 0 Å². The highest BCUT2D eigenvalue weighted by Gasteiger charge is 2.21. The van der Waals surface area contributed by atoms with Crippen molar-refractivity contribution in [1.29, 1.82) is 0 Å². The number of anilines is 1. The van der Waals surface area contributed by atoms with Crippen LogP contribution in [0.2, 0.25) is 0 Å². The van der Waals surface area contributed by atoms with Crippen molar-refractivity contribution in [2.75, 3.05) is 5.32 Å². The molecule has 7 nitrogen and oxygen atoms in total. The van der Waals surface area contributed by atoms with Gasteiger partial charge in [0.2, 0.25) is 0 Å². The first-order valence-electron chi connectivity index (χ1n) is 8.73. The van der Waals surface area contributed by atoms with Crippen LogP contribution in [0, 0.1) is 0 Å². The van der Waals surface area contributed by atoms with Gasteiger partial charge in [0.15, 0.2) is 0 Å². The van der Waals surface area contributed by atoms with E-state index in [0.29, 0.717) is 17.5 Å². The van der Waals surface area contributed by atoms with E-state index in [1.807, 2.05) is 22.9 Å². The Hall–Kier alpha value is -3.22. The van der Waals surface area contributed by atoms with Crippen LogP contribution in [0.3, 0.4) is 0 Å². The lowest BCUT2D eigenvalue weighted by Gasteiger charge is -2.14. The van der Waals surface area contributed by atoms with Crippen LogP contribution in [0.15, 0.2) is 59.5 Å². The summed E-state index contributed by atoms with van der Waals surface area (Å²) >= 11 is 0. The number of rotatable bonds is 4. The summed E-state index contributed by atoms with van der Waals surface area (Å²) < 4.78 is 3.10. The largest absolute Gasteiger partial charge is 0.305 e. The van der Waals surface area contributed by atoms with Crippen molar-refractivity contribution in [2.24, 2.45) is 0 Å². The molecule has 0 radical (unpaired) electrons. The Morgan fingerprint density at radius 2 is 1.81 bits per heavy atom. The summed E-state index contributed by atoms with van der Waals surface area (Å²) in [6, 6.07) is 13.9. The summed E-state index contributed by atoms with van der Waals surface area (Å²) in [6.07, 6.45) is 6.19. The normalized spacial score (nSPS) is 14.5. The molecule has 1 N–H and O–H groups in total. The predicted molar refractivity (Wildman–Crippen MR) is 97.5 cm³/mol. The lowest BCUT2D eigenvalue weighted by molar-refractivity contribution is 0.101. The third-order valence-electron chi connectivity index (χ3n) is 4.62. The van der Waals surface area contributed by atoms with E-state index in [9.17, 15) is 9.59 Å². The van der Waals surface area contributed by atoms with Crippen LogP contribution in [0.1, 0.15) is 42.2 Å². The van der Waals surface area contributed by atoms with E-state index in [2.05, 4.69) is 15.5 Å². The second-order valence-electron chi connectivity index (χ2n) is 6.36. The molecule has 132 valence electrons. The summed E-state index contributed by atoms with van der Waals surface area (Å²) in [4.78, 5) is 24.7. The number of amides is 1. The average Bonchev–Trinajstić information content (AvgIpc) is 3.34. The van der Waals surface area contributed by atoms with Crippen LogP contribution >= 0.6 is 0 Å². The molecule has 0 aliphatic heterocycles. The van der Waals surface area contributed by atoms with Crippen molar-refractivity contribution in [3.05, 3.63) is 70.8 Å². The molecule has 2 heterocycles. The molecule has 3 aromatic rings. The van der Waals surface area contributed by atoms with Crippen LogP contribution in [0.4, 0.5) is 5.82 Å². The average molecular weight is 349 g/mol. The molecule has 1 aliphatic carbocycles. The highest BCUT2D eigenvalue weighted by molar-refractivity contribution is 6.02. The molecule has 4 rings (SSSR count). The van der Waals surface area contributed by atoms with Crippen LogP contribution in [0.25, 0.3) is 5.69 Å². The van der Waals surface area contributed by atoms with Crippen molar-refractivity contribution in [3.8, 4) is 5.69 Å². The standard InChI is InChI=1S/C19H19N5O2/c25-18-11-10-16(22-24(18)15-6-2-1-3-7-15)19(26)21-17-12-13-20-23(17)14-8-4-5-9-14/h1-3,6-7,10-14H,4-5,8-9H2,(H,21,26). The molecule has 26 heavy (non-hydrogen) atoms. The molecule has 1 amide bonds. The van der Waals surface area contributed by atoms with E-state index in [1.165, 1.54) is 29.7 Å². The van der Waals surface area contributed by atoms with E-state index in [0.717, 1.165) is 12.8 Å². The molecule has 1 saturated carbocycles. The van der Waals surface area contributed by atoms with Gasteiger partial charge in [0, 0.05) is 12.1 Å². The first-order chi connectivity index (χ1) is 12.7. The Balaban J connectivity index is 1.60. The van der Waals surface area contributed by atoms with Crippen molar-refractivity contribution in [2.45, 2.75) is 31.7 Å². The lowest BCUT2D eigenvalue weighted by Crippen LogP contribution is -2.25. The first-order valence-corrected chi connectivity index (χ1v) is 8.73. The van der Waals surface area contributed by atoms with Crippen LogP contribution in [-0.4, -0.2) is 25.5 Å². The monoisotopic (exact) mass is 349 g/mol. The number of carbonyl (C=O) groups excluding carboxylic acids is 1. The number of para-hydroxylation sites is 1. The van der Waals surface area contributed by atoms with Gasteiger partial charge in [-0.3, -0.25) is 9.59 Å². The van der Waals surface area contributed by atoms with Crippen LogP contribution in [-0.2, 0) is 0 Å². The fourth-order valence-electron chi connectivity index (χ4n) is 3.32. The third-order valence-corrected chi connectivity index (χ3v) is 4.62. The van der Waals surface area contributed by atoms with Gasteiger partial charge < -0.3 is 5.32 Å². The van der Waals surface area contributed by atoms with Crippen molar-refractivity contribution < 1.29 is 4.79 Å². The fraction of sp³-hybridized carbons (Fsp3) is 0.263. The molecular formula is C19H19N5O2. The minimum atomic E-state index is -0.366. The maximum atomic E-state index is 12.6. The topological polar surface area (TPSA) is 81.8 Å². The van der Waals surface area contributed by atoms with Gasteiger partial charge in [0.1, 0.15) is 11.5 Å². The Labute approximate surface area is 150 Å². The maximum absolute atomic E-state index is 12.6. The number of nitrogens with one attached hydrogen (secondary N) is 1. The predicted octanol–water partition coefficient (Wildman–Crippen LogP) is 2.80. The fourth-order valence-corrected chi connectivity index (χ4v) is 3.32. The minimum Gasteiger partial charge on any atom is -0.305 e. The zero-order chi connectivity index (χ0) is 17.9. The Morgan fingerprint density at radius 3 is 2.58 bits per heavy atom. The summed E-state index contributed by atoms with van der Waals surface area (Å²) in [6.45, 7) is 0. The molecule has 1 fully saturated rings. The number of nitrogens with zero attached hydrogens (tertiary/aromatic N) is 4. The van der Waals surface area contributed by atoms with Gasteiger partial charge in [-0.15, -0.1) is 0 Å². The van der Waals surface area contributed by atoms with Crippen LogP contribution < -0.4 is 10.9 Å². The van der Waals surface area contributed by atoms with Gasteiger partial charge in [-0.25, -0.2) is 4.68 Å². The number of hydrogen-bond acceptors (Lipinski definition) is 4. The smallest absolute Gasteiger partial charge is 0.277 e. The van der Waals surface area contributed by atoms with E-state index < -0.39 is 0 Å². The summed E-state index contributed by atoms with van der Waals surface area (Å²) in [5.74, 6) is 0.288. The van der Waals surface area contributed by atoms with Gasteiger partial charge in [-0.05, 0) is 31.0 Å². The number of hydrogen-bond donors (Lipinski definition) is 1. The van der Waals surface area contributed by atoms with Crippen molar-refractivity contribution in [1.82, 2.24) is 19.6 Å². The zero-order valence-corrected chi connectivity index (χ0v) is 14.2. The van der Waals surface area contributed by atoms with Crippen LogP contribution in [0.5, 0.6) is 0 Å². The molecular weight excluding hydrogens is 330 g/mol. The second-order valence-corrected chi connectivity index (χ2v) is 6.36. The summed E-state index contributed by atoms with van der Waals surface area (Å²) in [7, 11) is 0. The highest BCUT2D eigenvalue weighted by atomic mass is 16.2. The summed E-state index contributed by atoms with van der Waals surface area (Å²) in [5, 5.41) is 11.4. The van der Waals surface area contributed by atoms with E-state index >= 15 is 0 Å². The number of aromatic nitrogens is 4. The van der Waals surface area contributed by atoms with Crippen molar-refractivity contribution >= 4 is 11.7 Å². The van der Waals surface area contributed by atoms with Gasteiger partial charge in [0.25, 0.3) is 11.5 Å². The number of benzene rings is 1. The third kappa shape index (κ3) is 3.15. The first kappa shape index (κ1) is 16.3. The molecule has 7 heteroatoms. The molecule has 2 aromatic heterocycles. The van der Waals surface area contributed by atoms with Crippen molar-refractivity contribution in [3.63, 3.8) is 0 Å². The highest BCUT2D eigenvalue weighted by Crippen LogP contribution is 2.31. The zero-order valence-electron chi connectivity index (χ0n) is 14.2. The lowest BCUT2D eigenvalue weighted by atomic mass is 10.2. The number of carbonyl (C=O) groups is 1. The molecule has 1 aromatic carbocycles. The molecule has 0 atom stereocenters. The second kappa shape index (κ2) is 6.95. The minimum absolute atomic E-state index is 0.174. The maximum Gasteiger partial charge on any atom is 0.277 e. The van der Waals surface area contributed by atoms with Gasteiger partial charge in [0.05, 0.1) is 17.9 Å². The van der Waals surface area contributed by atoms with E-state index in [1.54, 1.807) is 24.4 Å². The van der Waals surface area contributed by atoms with Gasteiger partial charge in [-0.2, -0.15) is 14.9 Å². The summed E-state index contributed by atoms with van der Waals surface area (Å²) in [5.41, 5.74) is 0.500. The van der Waals surface area contributed by atoms with Gasteiger partial charge >= 0.3 is 0 Å². The Bertz CT molecular complexity index is 971. The molecule has 0 unspecified atom stereocenters. The molecule has 0 saturated heterocycles. The SMILES string of the molecule is O=C(Nc1ccnn1C1CCCC1)c1ccc(=O)n(-c2ccccc2)n1.